The van der Waals surface area contributed by atoms with Crippen LogP contribution in [0.5, 0.6) is 0 Å². The zero-order chi connectivity index (χ0) is 14.8. The SMILES string of the molecule is CC.CC.COC1(C)CCN(CC(F)(F)F)CC1. The zero-order valence-corrected chi connectivity index (χ0v) is 12.5. The van der Waals surface area contributed by atoms with Crippen molar-refractivity contribution in [2.24, 2.45) is 0 Å². The third-order valence-electron chi connectivity index (χ3n) is 2.81. The Morgan fingerprint density at radius 3 is 1.72 bits per heavy atom. The highest BCUT2D eigenvalue weighted by atomic mass is 19.4. The molecule has 1 rings (SSSR count). The van der Waals surface area contributed by atoms with E-state index in [1.807, 2.05) is 34.6 Å². The van der Waals surface area contributed by atoms with E-state index in [4.69, 9.17) is 4.74 Å². The Morgan fingerprint density at radius 1 is 1.06 bits per heavy atom. The molecule has 0 unspecified atom stereocenters. The second-order valence-electron chi connectivity index (χ2n) is 4.05. The Balaban J connectivity index is 0. The van der Waals surface area contributed by atoms with Gasteiger partial charge in [0.05, 0.1) is 12.1 Å². The van der Waals surface area contributed by atoms with Gasteiger partial charge in [0.25, 0.3) is 0 Å². The molecule has 18 heavy (non-hydrogen) atoms. The molecule has 0 aromatic rings. The topological polar surface area (TPSA) is 12.5 Å². The van der Waals surface area contributed by atoms with Gasteiger partial charge in [0.15, 0.2) is 0 Å². The predicted molar refractivity (Wildman–Crippen MR) is 69.8 cm³/mol. The highest BCUT2D eigenvalue weighted by molar-refractivity contribution is 4.83. The lowest BCUT2D eigenvalue weighted by molar-refractivity contribution is -0.154. The van der Waals surface area contributed by atoms with Crippen LogP contribution in [0.15, 0.2) is 0 Å². The Hall–Kier alpha value is -0.290. The first kappa shape index (κ1) is 20.0. The van der Waals surface area contributed by atoms with Gasteiger partial charge in [-0.05, 0) is 19.8 Å². The van der Waals surface area contributed by atoms with Crippen LogP contribution in [0.3, 0.4) is 0 Å². The lowest BCUT2D eigenvalue weighted by Gasteiger charge is -2.38. The summed E-state index contributed by atoms with van der Waals surface area (Å²) in [6.07, 6.45) is -2.75. The highest BCUT2D eigenvalue weighted by Crippen LogP contribution is 2.27. The molecule has 5 heteroatoms. The number of hydrogen-bond acceptors (Lipinski definition) is 2. The van der Waals surface area contributed by atoms with Crippen molar-refractivity contribution in [2.75, 3.05) is 26.7 Å². The summed E-state index contributed by atoms with van der Waals surface area (Å²) in [7, 11) is 1.61. The van der Waals surface area contributed by atoms with Crippen molar-refractivity contribution in [3.63, 3.8) is 0 Å². The van der Waals surface area contributed by atoms with Crippen LogP contribution in [0.25, 0.3) is 0 Å². The lowest BCUT2D eigenvalue weighted by Crippen LogP contribution is -2.46. The standard InChI is InChI=1S/C9H16F3NO.2C2H6/c1-8(14-2)3-5-13(6-4-8)7-9(10,11)12;2*1-2/h3-7H2,1-2H3;2*1-2H3. The number of rotatable bonds is 2. The Bertz CT molecular complexity index is 187. The molecule has 0 amide bonds. The van der Waals surface area contributed by atoms with E-state index < -0.39 is 12.7 Å². The van der Waals surface area contributed by atoms with Gasteiger partial charge in [0.2, 0.25) is 0 Å². The van der Waals surface area contributed by atoms with Crippen molar-refractivity contribution in [3.8, 4) is 0 Å². The maximum atomic E-state index is 12.0. The number of halogens is 3. The predicted octanol–water partition coefficient (Wildman–Crippen LogP) is 4.10. The summed E-state index contributed by atoms with van der Waals surface area (Å²) in [5.41, 5.74) is -0.234. The van der Waals surface area contributed by atoms with Crippen molar-refractivity contribution in [1.29, 1.82) is 0 Å². The van der Waals surface area contributed by atoms with Crippen molar-refractivity contribution < 1.29 is 17.9 Å². The van der Waals surface area contributed by atoms with Gasteiger partial charge < -0.3 is 4.74 Å². The van der Waals surface area contributed by atoms with Crippen LogP contribution < -0.4 is 0 Å². The maximum Gasteiger partial charge on any atom is 0.401 e. The zero-order valence-electron chi connectivity index (χ0n) is 12.5. The number of ether oxygens (including phenoxy) is 1. The molecule has 112 valence electrons. The fraction of sp³-hybridized carbons (Fsp3) is 1.00. The third kappa shape index (κ3) is 8.75. The summed E-state index contributed by atoms with van der Waals surface area (Å²) < 4.78 is 41.4. The number of hydrogen-bond donors (Lipinski definition) is 0. The van der Waals surface area contributed by atoms with Gasteiger partial charge >= 0.3 is 6.18 Å². The minimum atomic E-state index is -4.08. The largest absolute Gasteiger partial charge is 0.401 e. The Kier molecular flexibility index (Phi) is 10.7. The van der Waals surface area contributed by atoms with Gasteiger partial charge in [-0.3, -0.25) is 4.90 Å². The van der Waals surface area contributed by atoms with Crippen LogP contribution in [0.1, 0.15) is 47.5 Å². The van der Waals surface area contributed by atoms with Gasteiger partial charge in [-0.1, -0.05) is 27.7 Å². The van der Waals surface area contributed by atoms with Gasteiger partial charge in [-0.15, -0.1) is 0 Å². The van der Waals surface area contributed by atoms with Gasteiger partial charge in [-0.25, -0.2) is 0 Å². The molecule has 0 aliphatic carbocycles. The van der Waals surface area contributed by atoms with Crippen molar-refractivity contribution in [3.05, 3.63) is 0 Å². The number of nitrogens with zero attached hydrogens (tertiary/aromatic N) is 1. The number of alkyl halides is 3. The van der Waals surface area contributed by atoms with Crippen LogP contribution >= 0.6 is 0 Å². The molecular formula is C13H28F3NO. The molecule has 1 saturated heterocycles. The maximum absolute atomic E-state index is 12.0. The summed E-state index contributed by atoms with van der Waals surface area (Å²) in [5, 5.41) is 0. The van der Waals surface area contributed by atoms with Crippen molar-refractivity contribution in [1.82, 2.24) is 4.90 Å². The fourth-order valence-corrected chi connectivity index (χ4v) is 1.64. The van der Waals surface area contributed by atoms with E-state index in [9.17, 15) is 13.2 Å². The van der Waals surface area contributed by atoms with Gasteiger partial charge in [0, 0.05) is 20.2 Å². The molecule has 1 fully saturated rings. The molecule has 0 spiro atoms. The van der Waals surface area contributed by atoms with E-state index in [1.54, 1.807) is 7.11 Å². The lowest BCUT2D eigenvalue weighted by atomic mass is 9.93. The molecule has 1 aliphatic heterocycles. The Morgan fingerprint density at radius 2 is 1.44 bits per heavy atom. The molecule has 0 saturated carbocycles. The number of piperidine rings is 1. The summed E-state index contributed by atoms with van der Waals surface area (Å²) in [6, 6.07) is 0. The van der Waals surface area contributed by atoms with E-state index in [-0.39, 0.29) is 5.60 Å². The molecule has 1 heterocycles. The molecule has 1 aliphatic rings. The molecule has 0 bridgehead atoms. The van der Waals surface area contributed by atoms with Crippen LogP contribution in [-0.4, -0.2) is 43.4 Å². The quantitative estimate of drug-likeness (QED) is 0.749. The van der Waals surface area contributed by atoms with Crippen LogP contribution in [0.4, 0.5) is 13.2 Å². The second-order valence-corrected chi connectivity index (χ2v) is 4.05. The second kappa shape index (κ2) is 9.62. The number of methoxy groups -OCH3 is 1. The van der Waals surface area contributed by atoms with E-state index in [0.717, 1.165) is 0 Å². The molecule has 0 aromatic carbocycles. The first-order valence-corrected chi connectivity index (χ1v) is 6.69. The summed E-state index contributed by atoms with van der Waals surface area (Å²) in [5.74, 6) is 0. The summed E-state index contributed by atoms with van der Waals surface area (Å²) >= 11 is 0. The van der Waals surface area contributed by atoms with Crippen LogP contribution in [-0.2, 0) is 4.74 Å². The van der Waals surface area contributed by atoms with Crippen LogP contribution in [0.2, 0.25) is 0 Å². The summed E-state index contributed by atoms with van der Waals surface area (Å²) in [6.45, 7) is 10.1. The molecule has 0 atom stereocenters. The number of likely N-dealkylation sites (tertiary alicyclic amines) is 1. The average molecular weight is 271 g/mol. The molecule has 0 radical (unpaired) electrons. The highest BCUT2D eigenvalue weighted by Gasteiger charge is 2.35. The Labute approximate surface area is 109 Å². The smallest absolute Gasteiger partial charge is 0.378 e. The van der Waals surface area contributed by atoms with Gasteiger partial charge in [-0.2, -0.15) is 13.2 Å². The average Bonchev–Trinajstić information content (AvgIpc) is 2.36. The molecule has 0 N–H and O–H groups in total. The third-order valence-corrected chi connectivity index (χ3v) is 2.81. The van der Waals surface area contributed by atoms with E-state index >= 15 is 0 Å². The van der Waals surface area contributed by atoms with E-state index in [0.29, 0.717) is 25.9 Å². The van der Waals surface area contributed by atoms with Crippen molar-refractivity contribution >= 4 is 0 Å². The molecule has 0 aromatic heterocycles. The van der Waals surface area contributed by atoms with Crippen molar-refractivity contribution in [2.45, 2.75) is 59.2 Å². The van der Waals surface area contributed by atoms with E-state index in [1.165, 1.54) is 4.90 Å². The normalized spacial score (nSPS) is 19.2. The van der Waals surface area contributed by atoms with E-state index in [2.05, 4.69) is 0 Å². The minimum Gasteiger partial charge on any atom is -0.378 e. The van der Waals surface area contributed by atoms with Gasteiger partial charge in [0.1, 0.15) is 0 Å². The first-order valence-electron chi connectivity index (χ1n) is 6.69. The monoisotopic (exact) mass is 271 g/mol. The minimum absolute atomic E-state index is 0.234. The summed E-state index contributed by atoms with van der Waals surface area (Å²) in [4.78, 5) is 1.43. The first-order chi connectivity index (χ1) is 8.35. The molecule has 2 nitrogen and oxygen atoms in total. The molecular weight excluding hydrogens is 243 g/mol. The fourth-order valence-electron chi connectivity index (χ4n) is 1.64. The van der Waals surface area contributed by atoms with Crippen LogP contribution in [0, 0.1) is 0 Å².